The van der Waals surface area contributed by atoms with Crippen molar-refractivity contribution in [2.75, 3.05) is 48.3 Å². The second kappa shape index (κ2) is 11.9. The quantitative estimate of drug-likeness (QED) is 0.740. The molecule has 0 saturated heterocycles. The maximum atomic E-state index is 12.1. The van der Waals surface area contributed by atoms with E-state index in [0.717, 1.165) is 7.11 Å². The van der Waals surface area contributed by atoms with Crippen molar-refractivity contribution >= 4 is 17.8 Å². The molecule has 0 saturated carbocycles. The summed E-state index contributed by atoms with van der Waals surface area (Å²) >= 11 is 4.50. The molecule has 2 rings (SSSR count). The molecule has 2 heterocycles. The number of aliphatic hydroxyl groups excluding tert-OH is 1. The lowest BCUT2D eigenvalue weighted by atomic mass is 10.4. The fraction of sp³-hybridized carbons (Fsp3) is 0.643. The molecule has 0 aromatic rings. The second-order valence-corrected chi connectivity index (χ2v) is 5.01. The minimum Gasteiger partial charge on any atom is -0.463 e. The fourth-order valence-electron chi connectivity index (χ4n) is 2.10. The number of carbonyl (C=O) groups excluding carboxylic acids is 1. The molecule has 0 amide bonds. The van der Waals surface area contributed by atoms with E-state index in [-0.39, 0.29) is 5.97 Å². The Labute approximate surface area is 143 Å². The number of ether oxygens (including phenoxy) is 1. The maximum absolute atomic E-state index is 12.1. The molecule has 0 aromatic carbocycles. The summed E-state index contributed by atoms with van der Waals surface area (Å²) in [5.41, 5.74) is 0. The Bertz CT molecular complexity index is 369. The SMILES string of the molecule is CCOC(=O)C(N1C=CN(C)C1)N1C=CN(C)C1.CO.COCl. The lowest BCUT2D eigenvalue weighted by Gasteiger charge is -2.34. The lowest BCUT2D eigenvalue weighted by Crippen LogP contribution is -2.50. The summed E-state index contributed by atoms with van der Waals surface area (Å²) in [6, 6.07) is 0. The zero-order valence-corrected chi connectivity index (χ0v) is 15.1. The number of hydrogen-bond acceptors (Lipinski definition) is 8. The average molecular weight is 351 g/mol. The molecular formula is C14H27ClN4O4. The van der Waals surface area contributed by atoms with Gasteiger partial charge in [-0.3, -0.25) is 4.29 Å². The fourth-order valence-corrected chi connectivity index (χ4v) is 2.10. The molecule has 9 heteroatoms. The Morgan fingerprint density at radius 3 is 1.78 bits per heavy atom. The summed E-state index contributed by atoms with van der Waals surface area (Å²) < 4.78 is 8.89. The van der Waals surface area contributed by atoms with Crippen molar-refractivity contribution in [2.24, 2.45) is 0 Å². The van der Waals surface area contributed by atoms with Crippen molar-refractivity contribution in [3.8, 4) is 0 Å². The molecular weight excluding hydrogens is 324 g/mol. The van der Waals surface area contributed by atoms with Gasteiger partial charge in [-0.15, -0.1) is 0 Å². The Morgan fingerprint density at radius 2 is 1.52 bits per heavy atom. The number of rotatable bonds is 4. The molecule has 0 radical (unpaired) electrons. The van der Waals surface area contributed by atoms with Gasteiger partial charge in [-0.25, -0.2) is 4.79 Å². The summed E-state index contributed by atoms with van der Waals surface area (Å²) in [5.74, 6) is -0.211. The Kier molecular flexibility index (Phi) is 11.0. The molecule has 0 aliphatic carbocycles. The van der Waals surface area contributed by atoms with Gasteiger partial charge in [-0.2, -0.15) is 0 Å². The van der Waals surface area contributed by atoms with E-state index in [1.54, 1.807) is 0 Å². The van der Waals surface area contributed by atoms with Crippen LogP contribution >= 0.6 is 11.9 Å². The van der Waals surface area contributed by atoms with Crippen LogP contribution in [0.4, 0.5) is 0 Å². The van der Waals surface area contributed by atoms with Crippen molar-refractivity contribution in [1.82, 2.24) is 19.6 Å². The van der Waals surface area contributed by atoms with Crippen LogP contribution in [-0.2, 0) is 13.8 Å². The van der Waals surface area contributed by atoms with Gasteiger partial charge in [-0.05, 0) is 6.92 Å². The van der Waals surface area contributed by atoms with Crippen LogP contribution in [0.15, 0.2) is 24.8 Å². The number of hydrogen-bond donors (Lipinski definition) is 1. The van der Waals surface area contributed by atoms with Crippen LogP contribution < -0.4 is 0 Å². The van der Waals surface area contributed by atoms with Crippen LogP contribution in [-0.4, -0.2) is 85.1 Å². The molecule has 0 bridgehead atoms. The van der Waals surface area contributed by atoms with Gasteiger partial charge in [0.05, 0.1) is 38.9 Å². The normalized spacial score (nSPS) is 15.5. The van der Waals surface area contributed by atoms with Gasteiger partial charge in [0.25, 0.3) is 0 Å². The Hall–Kier alpha value is -1.64. The van der Waals surface area contributed by atoms with Crippen molar-refractivity contribution in [3.63, 3.8) is 0 Å². The molecule has 0 unspecified atom stereocenters. The molecule has 1 N–H and O–H groups in total. The highest BCUT2D eigenvalue weighted by atomic mass is 35.5. The highest BCUT2D eigenvalue weighted by Crippen LogP contribution is 2.18. The number of aliphatic hydroxyl groups is 1. The van der Waals surface area contributed by atoms with Gasteiger partial charge in [-0.1, -0.05) is 0 Å². The summed E-state index contributed by atoms with van der Waals surface area (Å²) in [4.78, 5) is 20.1. The molecule has 0 fully saturated rings. The van der Waals surface area contributed by atoms with E-state index in [2.05, 4.69) is 16.2 Å². The van der Waals surface area contributed by atoms with E-state index in [1.165, 1.54) is 7.11 Å². The van der Waals surface area contributed by atoms with E-state index < -0.39 is 6.17 Å². The Balaban J connectivity index is 0.000000868. The van der Waals surface area contributed by atoms with Crippen LogP contribution in [0.3, 0.4) is 0 Å². The van der Waals surface area contributed by atoms with E-state index >= 15 is 0 Å². The zero-order chi connectivity index (χ0) is 17.8. The second-order valence-electron chi connectivity index (χ2n) is 4.70. The van der Waals surface area contributed by atoms with Gasteiger partial charge in [0.15, 0.2) is 0 Å². The summed E-state index contributed by atoms with van der Waals surface area (Å²) in [5, 5.41) is 7.00. The molecule has 134 valence electrons. The number of nitrogens with zero attached hydrogens (tertiary/aromatic N) is 4. The molecule has 23 heavy (non-hydrogen) atoms. The third kappa shape index (κ3) is 6.98. The van der Waals surface area contributed by atoms with Gasteiger partial charge in [0.2, 0.25) is 6.17 Å². The summed E-state index contributed by atoms with van der Waals surface area (Å²) in [6.45, 7) is 3.61. The van der Waals surface area contributed by atoms with E-state index in [9.17, 15) is 4.79 Å². The standard InChI is InChI=1S/C12H20N4O2.CH3ClO.CH4O/c1-4-18-12(17)11(15-7-5-13(2)9-15)16-8-6-14(3)10-16;1-3-2;1-2/h5-8,11H,4,9-10H2,1-3H3;1H3;2H,1H3. The van der Waals surface area contributed by atoms with E-state index in [1.807, 2.05) is 65.4 Å². The van der Waals surface area contributed by atoms with Crippen LogP contribution in [0.1, 0.15) is 6.92 Å². The molecule has 0 spiro atoms. The van der Waals surface area contributed by atoms with E-state index in [4.69, 9.17) is 9.84 Å². The topological polar surface area (TPSA) is 68.7 Å². The number of esters is 1. The predicted octanol–water partition coefficient (Wildman–Crippen LogP) is 0.623. The third-order valence-electron chi connectivity index (χ3n) is 2.92. The Morgan fingerprint density at radius 1 is 1.13 bits per heavy atom. The third-order valence-corrected chi connectivity index (χ3v) is 2.92. The number of carbonyl (C=O) groups is 1. The van der Waals surface area contributed by atoms with Gasteiger partial charge < -0.3 is 29.4 Å². The van der Waals surface area contributed by atoms with Crippen LogP contribution in [0.2, 0.25) is 0 Å². The number of halogens is 1. The molecule has 8 nitrogen and oxygen atoms in total. The van der Waals surface area contributed by atoms with Gasteiger partial charge in [0.1, 0.15) is 0 Å². The highest BCUT2D eigenvalue weighted by molar-refractivity contribution is 6.07. The van der Waals surface area contributed by atoms with Crippen molar-refractivity contribution in [3.05, 3.63) is 24.8 Å². The molecule has 0 aromatic heterocycles. The maximum Gasteiger partial charge on any atom is 0.350 e. The van der Waals surface area contributed by atoms with Gasteiger partial charge in [0, 0.05) is 46.0 Å². The van der Waals surface area contributed by atoms with Crippen molar-refractivity contribution in [2.45, 2.75) is 13.1 Å². The minimum atomic E-state index is -0.396. The summed E-state index contributed by atoms with van der Waals surface area (Å²) in [6.07, 6.45) is 7.36. The first-order valence-corrected chi connectivity index (χ1v) is 7.39. The predicted molar refractivity (Wildman–Crippen MR) is 88.6 cm³/mol. The smallest absolute Gasteiger partial charge is 0.350 e. The van der Waals surface area contributed by atoms with E-state index in [0.29, 0.717) is 19.9 Å². The first-order chi connectivity index (χ1) is 11.0. The first kappa shape index (κ1) is 21.4. The van der Waals surface area contributed by atoms with Crippen molar-refractivity contribution in [1.29, 1.82) is 0 Å². The lowest BCUT2D eigenvalue weighted by molar-refractivity contribution is -0.154. The minimum absolute atomic E-state index is 0.211. The van der Waals surface area contributed by atoms with Crippen LogP contribution in [0, 0.1) is 0 Å². The first-order valence-electron chi connectivity index (χ1n) is 7.08. The average Bonchev–Trinajstić information content (AvgIpc) is 3.12. The van der Waals surface area contributed by atoms with Crippen LogP contribution in [0.5, 0.6) is 0 Å². The zero-order valence-electron chi connectivity index (χ0n) is 14.3. The van der Waals surface area contributed by atoms with Gasteiger partial charge >= 0.3 is 5.97 Å². The monoisotopic (exact) mass is 350 g/mol. The largest absolute Gasteiger partial charge is 0.463 e. The van der Waals surface area contributed by atoms with Crippen LogP contribution in [0.25, 0.3) is 0 Å². The molecule has 0 atom stereocenters. The highest BCUT2D eigenvalue weighted by Gasteiger charge is 2.33. The molecule has 2 aliphatic rings. The summed E-state index contributed by atoms with van der Waals surface area (Å²) in [7, 11) is 6.34. The molecule has 2 aliphatic heterocycles. The van der Waals surface area contributed by atoms with Crippen molar-refractivity contribution < 1.29 is 18.9 Å².